The molecular weight excluding hydrogens is 416 g/mol. The molecule has 0 bridgehead atoms. The van der Waals surface area contributed by atoms with Crippen LogP contribution in [0.1, 0.15) is 50.5 Å². The van der Waals surface area contributed by atoms with Gasteiger partial charge < -0.3 is 10.5 Å². The summed E-state index contributed by atoms with van der Waals surface area (Å²) in [5.74, 6) is 2.09. The van der Waals surface area contributed by atoms with Crippen LogP contribution in [0.5, 0.6) is 5.75 Å². The van der Waals surface area contributed by atoms with E-state index in [0.29, 0.717) is 53.8 Å². The van der Waals surface area contributed by atoms with Crippen molar-refractivity contribution in [3.05, 3.63) is 54.0 Å². The number of carbonyl (C=O) groups is 1. The molecule has 0 saturated carbocycles. The van der Waals surface area contributed by atoms with Crippen molar-refractivity contribution in [2.45, 2.75) is 45.6 Å². The number of nitrogens with two attached hydrogens (primary N) is 1. The molecule has 1 aliphatic heterocycles. The van der Waals surface area contributed by atoms with Gasteiger partial charge in [0.05, 0.1) is 6.61 Å². The van der Waals surface area contributed by atoms with Crippen molar-refractivity contribution in [1.29, 1.82) is 0 Å². The van der Waals surface area contributed by atoms with Crippen LogP contribution in [0, 0.1) is 0 Å². The first-order valence-corrected chi connectivity index (χ1v) is 12.0. The van der Waals surface area contributed by atoms with E-state index < -0.39 is 10.6 Å². The van der Waals surface area contributed by atoms with E-state index in [1.807, 2.05) is 26.8 Å². The average Bonchev–Trinajstić information content (AvgIpc) is 3.17. The number of rotatable bonds is 8. The molecule has 0 aromatic carbocycles. The number of carbonyl (C=O) groups excluding carboxylic acids is 1. The molecule has 3 N–H and O–H groups in total. The molecule has 1 amide bonds. The van der Waals surface area contributed by atoms with Crippen LogP contribution >= 0.6 is 0 Å². The van der Waals surface area contributed by atoms with E-state index in [9.17, 15) is 8.84 Å². The van der Waals surface area contributed by atoms with Crippen molar-refractivity contribution >= 4 is 22.2 Å². The Morgan fingerprint density at radius 3 is 2.77 bits per heavy atom. The third-order valence-corrected chi connectivity index (χ3v) is 6.43. The Bertz CT molecular complexity index is 1070. The van der Waals surface area contributed by atoms with Crippen LogP contribution in [0.2, 0.25) is 0 Å². The van der Waals surface area contributed by atoms with E-state index in [1.165, 1.54) is 0 Å². The Morgan fingerprint density at radius 1 is 1.35 bits per heavy atom. The minimum atomic E-state index is -0.785. The molecule has 3 heterocycles. The van der Waals surface area contributed by atoms with Crippen molar-refractivity contribution in [2.75, 3.05) is 18.1 Å². The fraction of sp³-hybridized carbons (Fsp3) is 0.455. The Labute approximate surface area is 184 Å². The van der Waals surface area contributed by atoms with Gasteiger partial charge in [-0.3, -0.25) is 0 Å². The number of aromatic nitrogens is 2. The quantitative estimate of drug-likeness (QED) is 0.280. The molecule has 1 fully saturated rings. The fourth-order valence-electron chi connectivity index (χ4n) is 3.27. The maximum absolute atomic E-state index is 12.7. The molecule has 2 aromatic rings. The van der Waals surface area contributed by atoms with E-state index in [1.54, 1.807) is 35.0 Å². The molecule has 9 heteroatoms. The average molecular weight is 447 g/mol. The van der Waals surface area contributed by atoms with E-state index in [2.05, 4.69) is 10.3 Å². The van der Waals surface area contributed by atoms with Crippen molar-refractivity contribution in [3.63, 3.8) is 0 Å². The molecule has 0 spiro atoms. The van der Waals surface area contributed by atoms with Crippen molar-refractivity contribution < 1.29 is 18.3 Å². The summed E-state index contributed by atoms with van der Waals surface area (Å²) in [5, 5.41) is 3.06. The molecule has 31 heavy (non-hydrogen) atoms. The standard InChI is InChI=1S/C22H30N4O4S/c1-4-6-7-18(29-5-2)20(23)30-16-8-9-19-24-17(15-26(19)14-16)21(27)25-22(3)10-12-31(28)13-11-22/h6-9,14-15H,4-5,10-13,23H2,1-3H3,(H,25,27)/b7-6-,20-18-. The van der Waals surface area contributed by atoms with Crippen LogP contribution < -0.4 is 15.8 Å². The first-order valence-electron chi connectivity index (χ1n) is 10.5. The van der Waals surface area contributed by atoms with E-state index in [-0.39, 0.29) is 17.3 Å². The monoisotopic (exact) mass is 446 g/mol. The molecule has 0 aliphatic carbocycles. The van der Waals surface area contributed by atoms with Gasteiger partial charge in [-0.2, -0.15) is 0 Å². The third-order valence-electron chi connectivity index (χ3n) is 5.11. The molecule has 1 aliphatic rings. The van der Waals surface area contributed by atoms with Crippen LogP contribution in [-0.4, -0.2) is 38.9 Å². The summed E-state index contributed by atoms with van der Waals surface area (Å²) in [4.78, 5) is 17.2. The summed E-state index contributed by atoms with van der Waals surface area (Å²) in [5.41, 5.74) is 6.64. The summed E-state index contributed by atoms with van der Waals surface area (Å²) in [6.07, 6.45) is 9.33. The van der Waals surface area contributed by atoms with E-state index >= 15 is 0 Å². The molecule has 168 valence electrons. The summed E-state index contributed by atoms with van der Waals surface area (Å²) < 4.78 is 24.6. The number of amides is 1. The number of fused-ring (bicyclic) bond motifs is 1. The molecule has 1 saturated heterocycles. The van der Waals surface area contributed by atoms with Crippen LogP contribution in [0.25, 0.3) is 5.65 Å². The molecule has 0 radical (unpaired) electrons. The zero-order valence-electron chi connectivity index (χ0n) is 18.2. The summed E-state index contributed by atoms with van der Waals surface area (Å²) in [7, 11) is -0.785. The first kappa shape index (κ1) is 23.0. The summed E-state index contributed by atoms with van der Waals surface area (Å²) >= 11 is 0. The second-order valence-corrected chi connectivity index (χ2v) is 9.39. The number of imidazole rings is 1. The fourth-order valence-corrected chi connectivity index (χ4v) is 4.83. The number of allylic oxidation sites excluding steroid dienone is 2. The van der Waals surface area contributed by atoms with Gasteiger partial charge in [-0.05, 0) is 19.4 Å². The SMILES string of the molecule is CC/C=C\C(OCC)=C(/N)Oc1ccc2nc(C(=O)NC3(C)CC[S-](#[O+])CC3)cn2c1. The van der Waals surface area contributed by atoms with Crippen molar-refractivity contribution in [3.8, 4) is 5.75 Å². The zero-order valence-corrected chi connectivity index (χ0v) is 19.0. The number of pyridine rings is 1. The molecule has 2 aromatic heterocycles. The summed E-state index contributed by atoms with van der Waals surface area (Å²) in [6, 6.07) is 3.49. The Kier molecular flexibility index (Phi) is 7.50. The number of nitrogens with zero attached hydrogens (tertiary/aromatic N) is 2. The van der Waals surface area contributed by atoms with E-state index in [0.717, 1.165) is 6.42 Å². The van der Waals surface area contributed by atoms with Gasteiger partial charge >= 0.3 is 123 Å². The van der Waals surface area contributed by atoms with Gasteiger partial charge in [0.2, 0.25) is 5.88 Å². The van der Waals surface area contributed by atoms with Gasteiger partial charge in [0, 0.05) is 0 Å². The molecule has 8 nitrogen and oxygen atoms in total. The number of hydrogen-bond acceptors (Lipinski definition) is 6. The zero-order chi connectivity index (χ0) is 22.4. The predicted octanol–water partition coefficient (Wildman–Crippen LogP) is 3.09. The van der Waals surface area contributed by atoms with Gasteiger partial charge in [0.15, 0.2) is 5.76 Å². The third kappa shape index (κ3) is 5.95. The minimum absolute atomic E-state index is 0.159. The normalized spacial score (nSPS) is 17.5. The van der Waals surface area contributed by atoms with Crippen LogP contribution in [0.3, 0.4) is 0 Å². The second kappa shape index (κ2) is 10.1. The number of nitrogens with one attached hydrogen (secondary N) is 1. The molecule has 0 atom stereocenters. The van der Waals surface area contributed by atoms with Gasteiger partial charge in [-0.1, -0.05) is 13.0 Å². The Morgan fingerprint density at radius 2 is 2.10 bits per heavy atom. The van der Waals surface area contributed by atoms with Crippen molar-refractivity contribution in [2.24, 2.45) is 5.73 Å². The predicted molar refractivity (Wildman–Crippen MR) is 121 cm³/mol. The number of ether oxygens (including phenoxy) is 2. The maximum atomic E-state index is 12.7. The molecule has 3 rings (SSSR count). The van der Waals surface area contributed by atoms with Gasteiger partial charge in [0.1, 0.15) is 0 Å². The van der Waals surface area contributed by atoms with Crippen LogP contribution in [0.15, 0.2) is 48.3 Å². The van der Waals surface area contributed by atoms with Crippen LogP contribution in [0.4, 0.5) is 0 Å². The van der Waals surface area contributed by atoms with Gasteiger partial charge in [0.25, 0.3) is 0 Å². The van der Waals surface area contributed by atoms with Crippen LogP contribution in [-0.2, 0) is 19.4 Å². The molecule has 0 unspecified atom stereocenters. The van der Waals surface area contributed by atoms with E-state index in [4.69, 9.17) is 15.2 Å². The first-order chi connectivity index (χ1) is 14.8. The molecular formula is C22H30N4O4S. The number of hydrogen-bond donors (Lipinski definition) is 2. The second-order valence-electron chi connectivity index (χ2n) is 7.69. The van der Waals surface area contributed by atoms with Gasteiger partial charge in [-0.15, -0.1) is 0 Å². The Hall–Kier alpha value is -2.65. The Balaban J connectivity index is 1.76. The topological polar surface area (TPSA) is 111 Å². The van der Waals surface area contributed by atoms with Crippen molar-refractivity contribution in [1.82, 2.24) is 14.7 Å². The van der Waals surface area contributed by atoms with Gasteiger partial charge in [-0.25, -0.2) is 0 Å². The summed E-state index contributed by atoms with van der Waals surface area (Å²) in [6.45, 7) is 6.36.